The van der Waals surface area contributed by atoms with Crippen LogP contribution in [0.4, 0.5) is 0 Å². The summed E-state index contributed by atoms with van der Waals surface area (Å²) in [6, 6.07) is 7.90. The van der Waals surface area contributed by atoms with Gasteiger partial charge in [0, 0.05) is 0 Å². The number of carboxylic acid groups (broad SMARTS) is 1. The van der Waals surface area contributed by atoms with E-state index in [0.717, 1.165) is 11.1 Å². The lowest BCUT2D eigenvalue weighted by atomic mass is 9.81. The molecule has 1 unspecified atom stereocenters. The van der Waals surface area contributed by atoms with E-state index in [4.69, 9.17) is 9.84 Å². The van der Waals surface area contributed by atoms with Crippen molar-refractivity contribution in [1.29, 1.82) is 0 Å². The van der Waals surface area contributed by atoms with Crippen LogP contribution in [0.2, 0.25) is 0 Å². The van der Waals surface area contributed by atoms with E-state index in [1.165, 1.54) is 0 Å². The van der Waals surface area contributed by atoms with E-state index < -0.39 is 11.5 Å². The molecule has 0 saturated heterocycles. The third-order valence-electron chi connectivity index (χ3n) is 3.42. The van der Waals surface area contributed by atoms with Gasteiger partial charge < -0.3 is 9.84 Å². The van der Waals surface area contributed by atoms with Crippen LogP contribution in [0.25, 0.3) is 0 Å². The number of fused-ring (bicyclic) bond motifs is 1. The van der Waals surface area contributed by atoms with Gasteiger partial charge in [-0.15, -0.1) is 0 Å². The summed E-state index contributed by atoms with van der Waals surface area (Å²) < 4.78 is 5.57. The third kappa shape index (κ3) is 2.06. The molecule has 4 nitrogen and oxygen atoms in total. The van der Waals surface area contributed by atoms with Crippen LogP contribution in [-0.2, 0) is 21.7 Å². The van der Waals surface area contributed by atoms with Gasteiger partial charge in [0.15, 0.2) is 0 Å². The Balaban J connectivity index is 2.51. The molecule has 1 aromatic carbocycles. The van der Waals surface area contributed by atoms with Crippen molar-refractivity contribution in [2.45, 2.75) is 18.6 Å². The van der Waals surface area contributed by atoms with Crippen LogP contribution >= 0.6 is 0 Å². The smallest absolute Gasteiger partial charge is 0.305 e. The standard InChI is InChI=1S/C13H17NO3/c1-14(2)13(7-12(15)16)9-17-8-10-5-3-4-6-11(10)13/h3-6H,7-9H2,1-2H3,(H,15,16). The number of hydrogen-bond donors (Lipinski definition) is 1. The summed E-state index contributed by atoms with van der Waals surface area (Å²) in [5.74, 6) is -0.806. The minimum atomic E-state index is -0.806. The van der Waals surface area contributed by atoms with E-state index >= 15 is 0 Å². The van der Waals surface area contributed by atoms with E-state index in [1.807, 2.05) is 43.3 Å². The molecule has 1 aromatic rings. The summed E-state index contributed by atoms with van der Waals surface area (Å²) in [7, 11) is 3.79. The molecule has 2 rings (SSSR count). The molecule has 0 radical (unpaired) electrons. The molecule has 17 heavy (non-hydrogen) atoms. The van der Waals surface area contributed by atoms with Gasteiger partial charge in [0.05, 0.1) is 25.2 Å². The highest BCUT2D eigenvalue weighted by Crippen LogP contribution is 2.36. The zero-order valence-electron chi connectivity index (χ0n) is 10.1. The molecular formula is C13H17NO3. The van der Waals surface area contributed by atoms with Crippen molar-refractivity contribution in [3.8, 4) is 0 Å². The highest BCUT2D eigenvalue weighted by Gasteiger charge is 2.41. The molecule has 0 aromatic heterocycles. The number of likely N-dealkylation sites (N-methyl/N-ethyl adjacent to an activating group) is 1. The van der Waals surface area contributed by atoms with Crippen molar-refractivity contribution in [3.05, 3.63) is 35.4 Å². The normalized spacial score (nSPS) is 23.5. The highest BCUT2D eigenvalue weighted by molar-refractivity contribution is 5.69. The average Bonchev–Trinajstić information content (AvgIpc) is 2.28. The number of carbonyl (C=O) groups is 1. The SMILES string of the molecule is CN(C)C1(CC(=O)O)COCc2ccccc21. The van der Waals surface area contributed by atoms with Crippen molar-refractivity contribution in [1.82, 2.24) is 4.90 Å². The van der Waals surface area contributed by atoms with Crippen molar-refractivity contribution in [3.63, 3.8) is 0 Å². The zero-order chi connectivity index (χ0) is 12.5. The van der Waals surface area contributed by atoms with Gasteiger partial charge in [-0.3, -0.25) is 9.69 Å². The van der Waals surface area contributed by atoms with Crippen LogP contribution < -0.4 is 0 Å². The number of carboxylic acids is 1. The van der Waals surface area contributed by atoms with Crippen LogP contribution in [0.1, 0.15) is 17.5 Å². The van der Waals surface area contributed by atoms with Crippen LogP contribution in [0, 0.1) is 0 Å². The molecule has 1 aliphatic heterocycles. The van der Waals surface area contributed by atoms with Gasteiger partial charge >= 0.3 is 5.97 Å². The molecule has 0 spiro atoms. The molecule has 92 valence electrons. The first kappa shape index (κ1) is 12.1. The number of ether oxygens (including phenoxy) is 1. The maximum Gasteiger partial charge on any atom is 0.305 e. The van der Waals surface area contributed by atoms with Crippen molar-refractivity contribution in [2.24, 2.45) is 0 Å². The Labute approximate surface area is 101 Å². The second-order valence-corrected chi connectivity index (χ2v) is 4.65. The molecule has 0 fully saturated rings. The second kappa shape index (κ2) is 4.47. The number of aliphatic carboxylic acids is 1. The summed E-state index contributed by atoms with van der Waals surface area (Å²) in [6.07, 6.45) is 0.0526. The molecular weight excluding hydrogens is 218 g/mol. The summed E-state index contributed by atoms with van der Waals surface area (Å²) >= 11 is 0. The number of benzene rings is 1. The largest absolute Gasteiger partial charge is 0.481 e. The Morgan fingerprint density at radius 1 is 1.47 bits per heavy atom. The maximum absolute atomic E-state index is 11.1. The average molecular weight is 235 g/mol. The third-order valence-corrected chi connectivity index (χ3v) is 3.42. The van der Waals surface area contributed by atoms with Gasteiger partial charge in [-0.2, -0.15) is 0 Å². The van der Waals surface area contributed by atoms with Gasteiger partial charge in [0.2, 0.25) is 0 Å². The number of nitrogens with zero attached hydrogens (tertiary/aromatic N) is 1. The summed E-state index contributed by atoms with van der Waals surface area (Å²) in [6.45, 7) is 0.981. The highest BCUT2D eigenvalue weighted by atomic mass is 16.5. The van der Waals surface area contributed by atoms with Crippen molar-refractivity contribution in [2.75, 3.05) is 20.7 Å². The Morgan fingerprint density at radius 2 is 2.18 bits per heavy atom. The lowest BCUT2D eigenvalue weighted by Gasteiger charge is -2.43. The Hall–Kier alpha value is -1.39. The van der Waals surface area contributed by atoms with Gasteiger partial charge in [-0.25, -0.2) is 0 Å². The van der Waals surface area contributed by atoms with Crippen LogP contribution in [0.5, 0.6) is 0 Å². The predicted octanol–water partition coefficient (Wildman–Crippen LogP) is 1.45. The fourth-order valence-corrected chi connectivity index (χ4v) is 2.43. The maximum atomic E-state index is 11.1. The Kier molecular flexibility index (Phi) is 3.17. The monoisotopic (exact) mass is 235 g/mol. The van der Waals surface area contributed by atoms with Crippen LogP contribution in [-0.4, -0.2) is 36.7 Å². The lowest BCUT2D eigenvalue weighted by molar-refractivity contribution is -0.142. The van der Waals surface area contributed by atoms with Crippen LogP contribution in [0.3, 0.4) is 0 Å². The first-order valence-electron chi connectivity index (χ1n) is 5.61. The molecule has 0 aliphatic carbocycles. The molecule has 4 heteroatoms. The predicted molar refractivity (Wildman–Crippen MR) is 63.7 cm³/mol. The molecule has 1 atom stereocenters. The minimum Gasteiger partial charge on any atom is -0.481 e. The molecule has 0 saturated carbocycles. The Bertz CT molecular complexity index is 430. The van der Waals surface area contributed by atoms with Gasteiger partial charge in [0.25, 0.3) is 0 Å². The molecule has 1 aliphatic rings. The molecule has 0 amide bonds. The summed E-state index contributed by atoms with van der Waals surface area (Å²) in [4.78, 5) is 13.0. The second-order valence-electron chi connectivity index (χ2n) is 4.65. The molecule has 0 bridgehead atoms. The van der Waals surface area contributed by atoms with E-state index in [1.54, 1.807) is 0 Å². The zero-order valence-corrected chi connectivity index (χ0v) is 10.1. The lowest BCUT2D eigenvalue weighted by Crippen LogP contribution is -2.49. The van der Waals surface area contributed by atoms with E-state index in [0.29, 0.717) is 13.2 Å². The molecule has 1 N–H and O–H groups in total. The van der Waals surface area contributed by atoms with E-state index in [-0.39, 0.29) is 6.42 Å². The van der Waals surface area contributed by atoms with Crippen molar-refractivity contribution >= 4 is 5.97 Å². The van der Waals surface area contributed by atoms with E-state index in [2.05, 4.69) is 0 Å². The van der Waals surface area contributed by atoms with Gasteiger partial charge in [0.1, 0.15) is 0 Å². The quantitative estimate of drug-likeness (QED) is 0.861. The first-order chi connectivity index (χ1) is 8.06. The van der Waals surface area contributed by atoms with Crippen LogP contribution in [0.15, 0.2) is 24.3 Å². The number of hydrogen-bond acceptors (Lipinski definition) is 3. The molecule has 1 heterocycles. The first-order valence-corrected chi connectivity index (χ1v) is 5.61. The Morgan fingerprint density at radius 3 is 2.82 bits per heavy atom. The minimum absolute atomic E-state index is 0.0526. The number of rotatable bonds is 3. The summed E-state index contributed by atoms with van der Waals surface area (Å²) in [5.41, 5.74) is 1.59. The fraction of sp³-hybridized carbons (Fsp3) is 0.462. The van der Waals surface area contributed by atoms with Gasteiger partial charge in [-0.1, -0.05) is 24.3 Å². The summed E-state index contributed by atoms with van der Waals surface area (Å²) in [5, 5.41) is 9.12. The fourth-order valence-electron chi connectivity index (χ4n) is 2.43. The van der Waals surface area contributed by atoms with Gasteiger partial charge in [-0.05, 0) is 25.2 Å². The topological polar surface area (TPSA) is 49.8 Å². The van der Waals surface area contributed by atoms with Crippen molar-refractivity contribution < 1.29 is 14.6 Å². The van der Waals surface area contributed by atoms with E-state index in [9.17, 15) is 4.79 Å².